The van der Waals surface area contributed by atoms with Crippen LogP contribution in [0.2, 0.25) is 5.02 Å². The summed E-state index contributed by atoms with van der Waals surface area (Å²) >= 11 is 6.14. The molecule has 0 aliphatic heterocycles. The predicted octanol–water partition coefficient (Wildman–Crippen LogP) is 2.43. The summed E-state index contributed by atoms with van der Waals surface area (Å²) in [5, 5.41) is 3.36. The normalized spacial score (nSPS) is 21.3. The van der Waals surface area contributed by atoms with Crippen LogP contribution in [0.15, 0.2) is 18.2 Å². The van der Waals surface area contributed by atoms with E-state index in [0.29, 0.717) is 29.7 Å². The molecule has 2 atom stereocenters. The van der Waals surface area contributed by atoms with Gasteiger partial charge in [-0.1, -0.05) is 17.7 Å². The van der Waals surface area contributed by atoms with Crippen LogP contribution in [-0.2, 0) is 9.53 Å². The van der Waals surface area contributed by atoms with Gasteiger partial charge in [-0.3, -0.25) is 4.79 Å². The number of nitrogens with two attached hydrogens (primary N) is 1. The molecule has 0 aromatic heterocycles. The summed E-state index contributed by atoms with van der Waals surface area (Å²) in [6, 6.07) is 5.41. The minimum absolute atomic E-state index is 0.0261. The predicted molar refractivity (Wildman–Crippen MR) is 82.8 cm³/mol. The molecule has 1 aromatic rings. The van der Waals surface area contributed by atoms with Crippen molar-refractivity contribution in [2.24, 2.45) is 11.7 Å². The standard InChI is InChI=1S/C15H21ClN2O3/c1-20-7-8-21-14-12(16)3-2-4-13(14)18-15(19)10-5-6-11(17)9-10/h2-4,10-11H,5-9,17H2,1H3,(H,18,19). The molecule has 3 N–H and O–H groups in total. The number of hydrogen-bond donors (Lipinski definition) is 2. The number of amides is 1. The van der Waals surface area contributed by atoms with Gasteiger partial charge in [0.15, 0.2) is 5.75 Å². The van der Waals surface area contributed by atoms with E-state index in [2.05, 4.69) is 5.32 Å². The van der Waals surface area contributed by atoms with Gasteiger partial charge in [0.05, 0.1) is 17.3 Å². The van der Waals surface area contributed by atoms with Crippen LogP contribution >= 0.6 is 11.6 Å². The van der Waals surface area contributed by atoms with Crippen molar-refractivity contribution in [2.75, 3.05) is 25.6 Å². The molecule has 21 heavy (non-hydrogen) atoms. The molecule has 0 spiro atoms. The van der Waals surface area contributed by atoms with E-state index in [1.54, 1.807) is 25.3 Å². The molecule has 1 aliphatic rings. The van der Waals surface area contributed by atoms with Crippen molar-refractivity contribution in [1.29, 1.82) is 0 Å². The van der Waals surface area contributed by atoms with Gasteiger partial charge in [0, 0.05) is 19.1 Å². The summed E-state index contributed by atoms with van der Waals surface area (Å²) < 4.78 is 10.5. The fourth-order valence-electron chi connectivity index (χ4n) is 2.47. The van der Waals surface area contributed by atoms with Gasteiger partial charge < -0.3 is 20.5 Å². The summed E-state index contributed by atoms with van der Waals surface area (Å²) in [4.78, 5) is 12.3. The van der Waals surface area contributed by atoms with Gasteiger partial charge in [0.25, 0.3) is 0 Å². The Morgan fingerprint density at radius 3 is 2.90 bits per heavy atom. The first-order chi connectivity index (χ1) is 10.1. The zero-order valence-corrected chi connectivity index (χ0v) is 12.9. The Morgan fingerprint density at radius 1 is 1.43 bits per heavy atom. The Hall–Kier alpha value is -1.30. The Balaban J connectivity index is 2.04. The molecule has 1 saturated carbocycles. The third kappa shape index (κ3) is 4.33. The van der Waals surface area contributed by atoms with Gasteiger partial charge in [-0.2, -0.15) is 0 Å². The highest BCUT2D eigenvalue weighted by atomic mass is 35.5. The van der Waals surface area contributed by atoms with E-state index < -0.39 is 0 Å². The average Bonchev–Trinajstić information content (AvgIpc) is 2.89. The number of rotatable bonds is 6. The summed E-state index contributed by atoms with van der Waals surface area (Å²) in [7, 11) is 1.60. The monoisotopic (exact) mass is 312 g/mol. The van der Waals surface area contributed by atoms with Crippen LogP contribution in [0, 0.1) is 5.92 Å². The lowest BCUT2D eigenvalue weighted by molar-refractivity contribution is -0.119. The van der Waals surface area contributed by atoms with Crippen molar-refractivity contribution < 1.29 is 14.3 Å². The number of carbonyl (C=O) groups is 1. The minimum atomic E-state index is -0.0363. The van der Waals surface area contributed by atoms with Gasteiger partial charge >= 0.3 is 0 Å². The molecule has 0 radical (unpaired) electrons. The first-order valence-electron chi connectivity index (χ1n) is 7.08. The highest BCUT2D eigenvalue weighted by Crippen LogP contribution is 2.34. The number of ether oxygens (including phenoxy) is 2. The van der Waals surface area contributed by atoms with Crippen molar-refractivity contribution in [1.82, 2.24) is 0 Å². The molecule has 0 bridgehead atoms. The highest BCUT2D eigenvalue weighted by molar-refractivity contribution is 6.32. The van der Waals surface area contributed by atoms with Crippen molar-refractivity contribution in [3.05, 3.63) is 23.2 Å². The maximum atomic E-state index is 12.3. The van der Waals surface area contributed by atoms with Gasteiger partial charge in [0.2, 0.25) is 5.91 Å². The van der Waals surface area contributed by atoms with E-state index >= 15 is 0 Å². The van der Waals surface area contributed by atoms with Crippen LogP contribution in [0.1, 0.15) is 19.3 Å². The lowest BCUT2D eigenvalue weighted by Crippen LogP contribution is -2.23. The number of nitrogens with one attached hydrogen (secondary N) is 1. The third-order valence-corrected chi connectivity index (χ3v) is 3.90. The molecule has 5 nitrogen and oxygen atoms in total. The lowest BCUT2D eigenvalue weighted by Gasteiger charge is -2.16. The summed E-state index contributed by atoms with van der Waals surface area (Å²) in [5.74, 6) is 0.416. The van der Waals surface area contributed by atoms with E-state index in [9.17, 15) is 4.79 Å². The molecule has 1 amide bonds. The van der Waals surface area contributed by atoms with Crippen LogP contribution in [0.25, 0.3) is 0 Å². The number of halogens is 1. The molecule has 0 saturated heterocycles. The summed E-state index contributed by atoms with van der Waals surface area (Å²) in [6.45, 7) is 0.827. The summed E-state index contributed by atoms with van der Waals surface area (Å²) in [6.07, 6.45) is 2.45. The molecule has 2 unspecified atom stereocenters. The number of carbonyl (C=O) groups excluding carboxylic acids is 1. The SMILES string of the molecule is COCCOc1c(Cl)cccc1NC(=O)C1CCC(N)C1. The number of anilines is 1. The van der Waals surface area contributed by atoms with E-state index in [0.717, 1.165) is 19.3 Å². The van der Waals surface area contributed by atoms with Crippen LogP contribution in [0.3, 0.4) is 0 Å². The van der Waals surface area contributed by atoms with Crippen molar-refractivity contribution >= 4 is 23.2 Å². The summed E-state index contributed by atoms with van der Waals surface area (Å²) in [5.41, 5.74) is 6.44. The number of hydrogen-bond acceptors (Lipinski definition) is 4. The quantitative estimate of drug-likeness (QED) is 0.791. The Bertz CT molecular complexity index is 496. The maximum absolute atomic E-state index is 12.3. The molecule has 0 heterocycles. The van der Waals surface area contributed by atoms with Crippen LogP contribution in [0.4, 0.5) is 5.69 Å². The van der Waals surface area contributed by atoms with Gasteiger partial charge in [-0.05, 0) is 31.4 Å². The molecule has 1 aliphatic carbocycles. The molecule has 116 valence electrons. The van der Waals surface area contributed by atoms with Gasteiger partial charge in [0.1, 0.15) is 6.61 Å². The fraction of sp³-hybridized carbons (Fsp3) is 0.533. The number of benzene rings is 1. The number of methoxy groups -OCH3 is 1. The first-order valence-corrected chi connectivity index (χ1v) is 7.46. The van der Waals surface area contributed by atoms with E-state index in [1.165, 1.54) is 0 Å². The molecule has 1 fully saturated rings. The van der Waals surface area contributed by atoms with E-state index in [4.69, 9.17) is 26.8 Å². The topological polar surface area (TPSA) is 73.6 Å². The van der Waals surface area contributed by atoms with Crippen molar-refractivity contribution in [2.45, 2.75) is 25.3 Å². The van der Waals surface area contributed by atoms with E-state index in [-0.39, 0.29) is 17.9 Å². The Kier molecular flexibility index (Phi) is 5.85. The fourth-order valence-corrected chi connectivity index (χ4v) is 2.70. The highest BCUT2D eigenvalue weighted by Gasteiger charge is 2.28. The maximum Gasteiger partial charge on any atom is 0.227 e. The second kappa shape index (κ2) is 7.64. The van der Waals surface area contributed by atoms with Crippen molar-refractivity contribution in [3.63, 3.8) is 0 Å². The first kappa shape index (κ1) is 16.1. The Morgan fingerprint density at radius 2 is 2.24 bits per heavy atom. The van der Waals surface area contributed by atoms with Gasteiger partial charge in [-0.15, -0.1) is 0 Å². The van der Waals surface area contributed by atoms with Gasteiger partial charge in [-0.25, -0.2) is 0 Å². The lowest BCUT2D eigenvalue weighted by atomic mass is 10.1. The van der Waals surface area contributed by atoms with E-state index in [1.807, 2.05) is 0 Å². The molecule has 6 heteroatoms. The zero-order chi connectivity index (χ0) is 15.2. The molecule has 1 aromatic carbocycles. The van der Waals surface area contributed by atoms with Crippen LogP contribution in [0.5, 0.6) is 5.75 Å². The van der Waals surface area contributed by atoms with Crippen LogP contribution < -0.4 is 15.8 Å². The second-order valence-corrected chi connectivity index (χ2v) is 5.62. The molecular formula is C15H21ClN2O3. The molecular weight excluding hydrogens is 292 g/mol. The Labute approximate surface area is 129 Å². The minimum Gasteiger partial charge on any atom is -0.487 e. The van der Waals surface area contributed by atoms with Crippen LogP contribution in [-0.4, -0.2) is 32.3 Å². The smallest absolute Gasteiger partial charge is 0.227 e. The number of para-hydroxylation sites is 1. The second-order valence-electron chi connectivity index (χ2n) is 5.22. The zero-order valence-electron chi connectivity index (χ0n) is 12.1. The van der Waals surface area contributed by atoms with Crippen molar-refractivity contribution in [3.8, 4) is 5.75 Å². The molecule has 2 rings (SSSR count). The third-order valence-electron chi connectivity index (χ3n) is 3.60. The average molecular weight is 313 g/mol. The largest absolute Gasteiger partial charge is 0.487 e.